The zero-order valence-electron chi connectivity index (χ0n) is 13.2. The van der Waals surface area contributed by atoms with Gasteiger partial charge in [0, 0.05) is 19.9 Å². The van der Waals surface area contributed by atoms with Crippen LogP contribution in [0.4, 0.5) is 17.1 Å². The Morgan fingerprint density at radius 1 is 1.24 bits per heavy atom. The predicted octanol–water partition coefficient (Wildman–Crippen LogP) is 1.40. The third kappa shape index (κ3) is 6.60. The van der Waals surface area contributed by atoms with Gasteiger partial charge in [0.2, 0.25) is 0 Å². The van der Waals surface area contributed by atoms with Gasteiger partial charge in [0.1, 0.15) is 12.3 Å². The Bertz CT molecular complexity index is 718. The van der Waals surface area contributed by atoms with Crippen molar-refractivity contribution < 1.29 is 28.9 Å². The molecule has 0 bridgehead atoms. The minimum Gasteiger partial charge on any atom is -0.462 e. The first kappa shape index (κ1) is 19.5. The lowest BCUT2D eigenvalue weighted by molar-refractivity contribution is -0.393. The second kappa shape index (κ2) is 8.90. The van der Waals surface area contributed by atoms with Crippen molar-refractivity contribution in [2.75, 3.05) is 12.0 Å². The summed E-state index contributed by atoms with van der Waals surface area (Å²) in [5, 5.41) is 25.3. The van der Waals surface area contributed by atoms with E-state index >= 15 is 0 Å². The third-order valence-corrected chi connectivity index (χ3v) is 2.58. The van der Waals surface area contributed by atoms with E-state index in [-0.39, 0.29) is 12.3 Å². The lowest BCUT2D eigenvalue weighted by Crippen LogP contribution is -2.25. The predicted molar refractivity (Wildman–Crippen MR) is 84.1 cm³/mol. The van der Waals surface area contributed by atoms with E-state index in [2.05, 4.69) is 10.5 Å². The van der Waals surface area contributed by atoms with E-state index in [1.165, 1.54) is 6.92 Å². The van der Waals surface area contributed by atoms with Gasteiger partial charge in [-0.25, -0.2) is 0 Å². The molecule has 1 aromatic rings. The number of carbonyl (C=O) groups excluding carboxylic acids is 2. The maximum atomic E-state index is 11.0. The third-order valence-electron chi connectivity index (χ3n) is 2.58. The molecule has 1 rings (SSSR count). The molecule has 0 saturated heterocycles. The Kier molecular flexibility index (Phi) is 6.94. The molecular weight excluding hydrogens is 340 g/mol. The summed E-state index contributed by atoms with van der Waals surface area (Å²) in [5.74, 6) is -1.24. The lowest BCUT2D eigenvalue weighted by atomic mass is 10.2. The van der Waals surface area contributed by atoms with Crippen molar-refractivity contribution in [1.82, 2.24) is 0 Å². The van der Waals surface area contributed by atoms with Crippen molar-refractivity contribution in [1.29, 1.82) is 0 Å². The number of hydrazone groups is 1. The van der Waals surface area contributed by atoms with Crippen LogP contribution in [0.15, 0.2) is 23.3 Å². The highest BCUT2D eigenvalue weighted by molar-refractivity contribution is 5.74. The largest absolute Gasteiger partial charge is 0.462 e. The summed E-state index contributed by atoms with van der Waals surface area (Å²) in [4.78, 5) is 41.8. The molecule has 0 fully saturated rings. The molecule has 0 aliphatic carbocycles. The highest BCUT2D eigenvalue weighted by Gasteiger charge is 2.19. The van der Waals surface area contributed by atoms with E-state index in [4.69, 9.17) is 9.47 Å². The van der Waals surface area contributed by atoms with Crippen LogP contribution in [0.2, 0.25) is 0 Å². The highest BCUT2D eigenvalue weighted by atomic mass is 16.6. The fourth-order valence-corrected chi connectivity index (χ4v) is 1.59. The molecule has 0 aromatic heterocycles. The zero-order chi connectivity index (χ0) is 19.0. The molecule has 0 unspecified atom stereocenters. The molecule has 0 saturated carbocycles. The fraction of sp³-hybridized carbons (Fsp3) is 0.308. The van der Waals surface area contributed by atoms with Crippen LogP contribution in [-0.2, 0) is 19.1 Å². The first-order chi connectivity index (χ1) is 11.7. The number of benzene rings is 1. The minimum atomic E-state index is -1.01. The van der Waals surface area contributed by atoms with Crippen LogP contribution >= 0.6 is 0 Å². The van der Waals surface area contributed by atoms with Gasteiger partial charge in [-0.3, -0.25) is 35.2 Å². The van der Waals surface area contributed by atoms with Crippen molar-refractivity contribution in [3.63, 3.8) is 0 Å². The Morgan fingerprint density at radius 3 is 2.44 bits per heavy atom. The number of nitrogens with one attached hydrogen (secondary N) is 1. The first-order valence-electron chi connectivity index (χ1n) is 6.73. The average Bonchev–Trinajstić information content (AvgIpc) is 2.51. The van der Waals surface area contributed by atoms with Gasteiger partial charge >= 0.3 is 17.6 Å². The Balaban J connectivity index is 2.90. The van der Waals surface area contributed by atoms with Crippen molar-refractivity contribution in [3.8, 4) is 0 Å². The van der Waals surface area contributed by atoms with Gasteiger partial charge in [0.05, 0.1) is 22.1 Å². The van der Waals surface area contributed by atoms with Gasteiger partial charge in [-0.2, -0.15) is 5.10 Å². The van der Waals surface area contributed by atoms with Gasteiger partial charge in [0.15, 0.2) is 6.10 Å². The van der Waals surface area contributed by atoms with Crippen molar-refractivity contribution in [2.24, 2.45) is 5.10 Å². The SMILES string of the molecule is CC(=O)OC[C@@H](/C=N/Nc1ccc([N+](=O)[O-])cc1[N+](=O)[O-])OC(C)=O. The molecule has 0 radical (unpaired) electrons. The number of non-ortho nitro benzene ring substituents is 1. The molecular formula is C13H14N4O8. The van der Waals surface area contributed by atoms with Gasteiger partial charge < -0.3 is 9.47 Å². The monoisotopic (exact) mass is 354 g/mol. The number of nitrogens with zero attached hydrogens (tertiary/aromatic N) is 3. The number of carbonyl (C=O) groups is 2. The molecule has 0 aliphatic heterocycles. The molecule has 25 heavy (non-hydrogen) atoms. The van der Waals surface area contributed by atoms with Crippen molar-refractivity contribution in [2.45, 2.75) is 20.0 Å². The van der Waals surface area contributed by atoms with E-state index in [1.54, 1.807) is 0 Å². The Labute approximate surface area is 140 Å². The van der Waals surface area contributed by atoms with E-state index in [0.29, 0.717) is 0 Å². The zero-order valence-corrected chi connectivity index (χ0v) is 13.2. The number of rotatable bonds is 8. The maximum Gasteiger partial charge on any atom is 0.303 e. The molecule has 1 N–H and O–H groups in total. The number of hydrogen-bond acceptors (Lipinski definition) is 10. The van der Waals surface area contributed by atoms with Crippen LogP contribution in [0.5, 0.6) is 0 Å². The van der Waals surface area contributed by atoms with E-state index in [9.17, 15) is 29.8 Å². The maximum absolute atomic E-state index is 11.0. The first-order valence-corrected chi connectivity index (χ1v) is 6.73. The fourth-order valence-electron chi connectivity index (χ4n) is 1.59. The summed E-state index contributed by atoms with van der Waals surface area (Å²) in [7, 11) is 0. The summed E-state index contributed by atoms with van der Waals surface area (Å²) >= 11 is 0. The van der Waals surface area contributed by atoms with Crippen LogP contribution in [0.3, 0.4) is 0 Å². The summed E-state index contributed by atoms with van der Waals surface area (Å²) in [6, 6.07) is 2.95. The summed E-state index contributed by atoms with van der Waals surface area (Å²) in [6.07, 6.45) is 0.0566. The molecule has 1 aromatic carbocycles. The number of nitro groups is 2. The summed E-state index contributed by atoms with van der Waals surface area (Å²) < 4.78 is 9.53. The average molecular weight is 354 g/mol. The molecule has 0 spiro atoms. The molecule has 0 heterocycles. The smallest absolute Gasteiger partial charge is 0.303 e. The van der Waals surface area contributed by atoms with Crippen LogP contribution in [-0.4, -0.2) is 40.7 Å². The second-order valence-corrected chi connectivity index (χ2v) is 4.56. The van der Waals surface area contributed by atoms with Crippen LogP contribution in [0.1, 0.15) is 13.8 Å². The minimum absolute atomic E-state index is 0.110. The van der Waals surface area contributed by atoms with Gasteiger partial charge in [-0.15, -0.1) is 0 Å². The molecule has 134 valence electrons. The van der Waals surface area contributed by atoms with Crippen LogP contribution < -0.4 is 5.43 Å². The van der Waals surface area contributed by atoms with Crippen LogP contribution in [0.25, 0.3) is 0 Å². The lowest BCUT2D eigenvalue weighted by Gasteiger charge is -2.12. The Hall–Kier alpha value is -3.57. The second-order valence-electron chi connectivity index (χ2n) is 4.56. The van der Waals surface area contributed by atoms with Crippen LogP contribution in [0, 0.1) is 20.2 Å². The van der Waals surface area contributed by atoms with Crippen molar-refractivity contribution in [3.05, 3.63) is 38.4 Å². The van der Waals surface area contributed by atoms with E-state index in [1.807, 2.05) is 0 Å². The Morgan fingerprint density at radius 2 is 1.92 bits per heavy atom. The number of ether oxygens (including phenoxy) is 2. The number of anilines is 1. The normalized spacial score (nSPS) is 11.6. The molecule has 0 aliphatic rings. The standard InChI is InChI=1S/C13H14N4O8/c1-8(18)24-7-11(25-9(2)19)6-14-15-12-4-3-10(16(20)21)5-13(12)17(22)23/h3-6,11,15H,7H2,1-2H3/b14-6+/t11-/m1/s1. The molecule has 12 nitrogen and oxygen atoms in total. The van der Waals surface area contributed by atoms with Gasteiger partial charge in [-0.05, 0) is 6.07 Å². The topological polar surface area (TPSA) is 163 Å². The van der Waals surface area contributed by atoms with E-state index < -0.39 is 39.3 Å². The van der Waals surface area contributed by atoms with Gasteiger partial charge in [-0.1, -0.05) is 0 Å². The number of hydrogen-bond donors (Lipinski definition) is 1. The molecule has 12 heteroatoms. The quantitative estimate of drug-likeness (QED) is 0.314. The summed E-state index contributed by atoms with van der Waals surface area (Å²) in [5.41, 5.74) is 1.21. The van der Waals surface area contributed by atoms with E-state index in [0.717, 1.165) is 31.3 Å². The van der Waals surface area contributed by atoms with Gasteiger partial charge in [0.25, 0.3) is 5.69 Å². The summed E-state index contributed by atoms with van der Waals surface area (Å²) in [6.45, 7) is 2.02. The van der Waals surface area contributed by atoms with Crippen molar-refractivity contribution >= 4 is 35.2 Å². The number of esters is 2. The molecule has 0 amide bonds. The highest BCUT2D eigenvalue weighted by Crippen LogP contribution is 2.28. The number of nitro benzene ring substituents is 2. The molecule has 1 atom stereocenters.